The van der Waals surface area contributed by atoms with E-state index < -0.39 is 17.0 Å². The van der Waals surface area contributed by atoms with Gasteiger partial charge < -0.3 is 10.2 Å². The average Bonchev–Trinajstić information content (AvgIpc) is 2.18. The molecule has 1 aromatic rings. The second-order valence-corrected chi connectivity index (χ2v) is 6.49. The molecule has 0 aliphatic heterocycles. The molecule has 2 N–H and O–H groups in total. The molecule has 0 aliphatic rings. The quantitative estimate of drug-likeness (QED) is 0.702. The van der Waals surface area contributed by atoms with Crippen molar-refractivity contribution in [3.8, 4) is 0 Å². The Bertz CT molecular complexity index is 220. The van der Waals surface area contributed by atoms with E-state index in [0.29, 0.717) is 0 Å². The molecule has 0 heterocycles. The van der Waals surface area contributed by atoms with Gasteiger partial charge in [-0.1, -0.05) is 35.9 Å². The minimum atomic E-state index is -0.556. The standard InChI is InChI=1S/C7H8.2C3H8O.2ClH.Ti/c1-7-5-3-2-4-6-7;2*1-3(2)4;;;/h2-6H,1H3;2*3-4H,1-2H3;2*1H;/q;;;;;+2/p-2. The van der Waals surface area contributed by atoms with Crippen molar-refractivity contribution in [1.29, 1.82) is 0 Å². The van der Waals surface area contributed by atoms with Crippen molar-refractivity contribution in [1.82, 2.24) is 0 Å². The topological polar surface area (TPSA) is 40.5 Å². The second kappa shape index (κ2) is 19.8. The number of aryl methyl sites for hydroxylation is 1. The molecule has 5 heteroatoms. The summed E-state index contributed by atoms with van der Waals surface area (Å²) >= 11 is -0.556. The van der Waals surface area contributed by atoms with Crippen molar-refractivity contribution >= 4 is 18.6 Å². The summed E-state index contributed by atoms with van der Waals surface area (Å²) in [5.74, 6) is 0. The Kier molecular flexibility index (Phi) is 25.8. The van der Waals surface area contributed by atoms with Crippen LogP contribution in [0.2, 0.25) is 0 Å². The normalized spacial score (nSPS) is 8.17. The van der Waals surface area contributed by atoms with E-state index in [1.165, 1.54) is 5.56 Å². The zero-order valence-electron chi connectivity index (χ0n) is 11.7. The summed E-state index contributed by atoms with van der Waals surface area (Å²) in [5, 5.41) is 16.1. The van der Waals surface area contributed by atoms with Crippen LogP contribution in [0.4, 0.5) is 0 Å². The zero-order valence-corrected chi connectivity index (χ0v) is 14.8. The van der Waals surface area contributed by atoms with Crippen LogP contribution in [-0.2, 0) is 17.0 Å². The SMILES string of the molecule is CC(C)O.CC(C)O.Cc1ccccc1.[Cl][Ti][Cl]. The van der Waals surface area contributed by atoms with Gasteiger partial charge in [0.15, 0.2) is 0 Å². The third kappa shape index (κ3) is 55.0. The molecule has 0 aliphatic carbocycles. The van der Waals surface area contributed by atoms with Crippen LogP contribution in [0.5, 0.6) is 0 Å². The van der Waals surface area contributed by atoms with Gasteiger partial charge in [0.2, 0.25) is 0 Å². The van der Waals surface area contributed by atoms with Gasteiger partial charge in [0.25, 0.3) is 0 Å². The summed E-state index contributed by atoms with van der Waals surface area (Å²) in [7, 11) is 9.78. The molecule has 106 valence electrons. The Morgan fingerprint density at radius 1 is 0.889 bits per heavy atom. The summed E-state index contributed by atoms with van der Waals surface area (Å²) in [5.41, 5.74) is 1.32. The first-order valence-corrected chi connectivity index (χ1v) is 9.91. The van der Waals surface area contributed by atoms with Crippen LogP contribution < -0.4 is 0 Å². The van der Waals surface area contributed by atoms with E-state index >= 15 is 0 Å². The fourth-order valence-corrected chi connectivity index (χ4v) is 0.534. The Labute approximate surface area is 128 Å². The van der Waals surface area contributed by atoms with Gasteiger partial charge in [-0.3, -0.25) is 0 Å². The van der Waals surface area contributed by atoms with E-state index in [1.54, 1.807) is 27.7 Å². The van der Waals surface area contributed by atoms with Crippen LogP contribution in [0, 0.1) is 6.92 Å². The van der Waals surface area contributed by atoms with Gasteiger partial charge in [-0.2, -0.15) is 0 Å². The number of aliphatic hydroxyl groups is 2. The minimum absolute atomic E-state index is 0.167. The first kappa shape index (κ1) is 23.5. The molecular formula is C13H24Cl2O2Ti. The van der Waals surface area contributed by atoms with Crippen LogP contribution in [-0.4, -0.2) is 22.4 Å². The number of rotatable bonds is 0. The molecule has 0 fully saturated rings. The van der Waals surface area contributed by atoms with Gasteiger partial charge in [-0.05, 0) is 34.6 Å². The van der Waals surface area contributed by atoms with E-state index in [4.69, 9.17) is 28.8 Å². The molecule has 0 saturated carbocycles. The van der Waals surface area contributed by atoms with Crippen molar-refractivity contribution in [2.24, 2.45) is 0 Å². The average molecular weight is 331 g/mol. The first-order chi connectivity index (χ1) is 8.27. The predicted molar refractivity (Wildman–Crippen MR) is 77.6 cm³/mol. The molecule has 2 nitrogen and oxygen atoms in total. The Hall–Kier alpha value is 0.434. The molecule has 1 rings (SSSR count). The molecule has 0 atom stereocenters. The van der Waals surface area contributed by atoms with Gasteiger partial charge >= 0.3 is 35.6 Å². The van der Waals surface area contributed by atoms with Crippen LogP contribution in [0.15, 0.2) is 30.3 Å². The molecule has 0 bridgehead atoms. The van der Waals surface area contributed by atoms with Gasteiger partial charge in [-0.25, -0.2) is 0 Å². The van der Waals surface area contributed by atoms with Crippen LogP contribution in [0.25, 0.3) is 0 Å². The Morgan fingerprint density at radius 3 is 1.22 bits per heavy atom. The molecule has 0 amide bonds. The fraction of sp³-hybridized carbons (Fsp3) is 0.538. The molecule has 0 saturated heterocycles. The van der Waals surface area contributed by atoms with E-state index in [2.05, 4.69) is 19.1 Å². The summed E-state index contributed by atoms with van der Waals surface area (Å²) in [4.78, 5) is 0. The molecule has 0 aromatic heterocycles. The number of benzene rings is 1. The van der Waals surface area contributed by atoms with Gasteiger partial charge in [0.1, 0.15) is 0 Å². The number of halogens is 2. The second-order valence-electron chi connectivity index (χ2n) is 3.91. The van der Waals surface area contributed by atoms with E-state index in [0.717, 1.165) is 0 Å². The molecule has 1 aromatic carbocycles. The summed E-state index contributed by atoms with van der Waals surface area (Å²) in [6.07, 6.45) is -0.333. The van der Waals surface area contributed by atoms with Crippen molar-refractivity contribution in [2.45, 2.75) is 46.8 Å². The number of hydrogen-bond acceptors (Lipinski definition) is 2. The molecule has 0 unspecified atom stereocenters. The summed E-state index contributed by atoms with van der Waals surface area (Å²) in [6.45, 7) is 8.97. The number of aliphatic hydroxyl groups excluding tert-OH is 2. The Balaban J connectivity index is -0.000000180. The van der Waals surface area contributed by atoms with E-state index in [-0.39, 0.29) is 12.2 Å². The number of hydrogen-bond donors (Lipinski definition) is 2. The monoisotopic (exact) mass is 330 g/mol. The van der Waals surface area contributed by atoms with Gasteiger partial charge in [0, 0.05) is 12.2 Å². The molecular weight excluding hydrogens is 307 g/mol. The summed E-state index contributed by atoms with van der Waals surface area (Å²) < 4.78 is 0. The molecule has 0 radical (unpaired) electrons. The zero-order chi connectivity index (χ0) is 15.0. The molecule has 0 spiro atoms. The molecule has 18 heavy (non-hydrogen) atoms. The van der Waals surface area contributed by atoms with Crippen molar-refractivity contribution in [3.63, 3.8) is 0 Å². The first-order valence-electron chi connectivity index (χ1n) is 5.61. The maximum absolute atomic E-state index is 8.06. The van der Waals surface area contributed by atoms with Gasteiger partial charge in [-0.15, -0.1) is 0 Å². The van der Waals surface area contributed by atoms with Crippen LogP contribution >= 0.6 is 18.6 Å². The van der Waals surface area contributed by atoms with Crippen molar-refractivity contribution < 1.29 is 27.2 Å². The van der Waals surface area contributed by atoms with Crippen LogP contribution in [0.3, 0.4) is 0 Å². The van der Waals surface area contributed by atoms with Crippen molar-refractivity contribution in [3.05, 3.63) is 35.9 Å². The van der Waals surface area contributed by atoms with E-state index in [9.17, 15) is 0 Å². The van der Waals surface area contributed by atoms with Crippen molar-refractivity contribution in [2.75, 3.05) is 0 Å². The summed E-state index contributed by atoms with van der Waals surface area (Å²) in [6, 6.07) is 10.3. The maximum atomic E-state index is 8.06. The van der Waals surface area contributed by atoms with E-state index in [1.807, 2.05) is 18.2 Å². The third-order valence-corrected chi connectivity index (χ3v) is 0.940. The van der Waals surface area contributed by atoms with Crippen LogP contribution in [0.1, 0.15) is 33.3 Å². The van der Waals surface area contributed by atoms with Gasteiger partial charge in [0.05, 0.1) is 0 Å². The fourth-order valence-electron chi connectivity index (χ4n) is 0.534. The predicted octanol–water partition coefficient (Wildman–Crippen LogP) is 4.15. The Morgan fingerprint density at radius 2 is 1.11 bits per heavy atom. The third-order valence-electron chi connectivity index (χ3n) is 0.940.